The highest BCUT2D eigenvalue weighted by Gasteiger charge is 2.13. The van der Waals surface area contributed by atoms with E-state index in [0.29, 0.717) is 12.7 Å². The van der Waals surface area contributed by atoms with Crippen LogP contribution in [0.1, 0.15) is 13.8 Å². The van der Waals surface area contributed by atoms with Gasteiger partial charge in [-0.25, -0.2) is 4.79 Å². The summed E-state index contributed by atoms with van der Waals surface area (Å²) in [4.78, 5) is 10.1. The number of ether oxygens (including phenoxy) is 2. The Kier molecular flexibility index (Phi) is 5.47. The van der Waals surface area contributed by atoms with E-state index >= 15 is 0 Å². The maximum absolute atomic E-state index is 10.1. The van der Waals surface area contributed by atoms with Gasteiger partial charge in [-0.3, -0.25) is 0 Å². The van der Waals surface area contributed by atoms with Crippen molar-refractivity contribution < 1.29 is 14.3 Å². The predicted molar refractivity (Wildman–Crippen MR) is 42.2 cm³/mol. The molecule has 1 fully saturated rings. The first-order valence-corrected chi connectivity index (χ1v) is 3.61. The molecule has 1 atom stereocenters. The molecule has 64 valence electrons. The summed E-state index contributed by atoms with van der Waals surface area (Å²) in [6, 6.07) is 0. The van der Waals surface area contributed by atoms with Crippen LogP contribution in [-0.2, 0) is 14.3 Å². The molecule has 3 heteroatoms. The first kappa shape index (κ1) is 10.2. The van der Waals surface area contributed by atoms with Gasteiger partial charge in [0.25, 0.3) is 0 Å². The van der Waals surface area contributed by atoms with Crippen molar-refractivity contribution in [3.05, 3.63) is 12.7 Å². The van der Waals surface area contributed by atoms with Crippen LogP contribution in [0.25, 0.3) is 0 Å². The van der Waals surface area contributed by atoms with Crippen LogP contribution >= 0.6 is 0 Å². The van der Waals surface area contributed by atoms with E-state index in [1.807, 2.05) is 0 Å². The Bertz CT molecular complexity index is 127. The third kappa shape index (κ3) is 9.17. The Morgan fingerprint density at radius 3 is 2.45 bits per heavy atom. The summed E-state index contributed by atoms with van der Waals surface area (Å²) >= 11 is 0. The molecule has 0 aromatic carbocycles. The third-order valence-electron chi connectivity index (χ3n) is 0.953. The van der Waals surface area contributed by atoms with Gasteiger partial charge in [-0.15, -0.1) is 0 Å². The van der Waals surface area contributed by atoms with E-state index < -0.39 is 0 Å². The molecule has 0 aromatic heterocycles. The average Bonchev–Trinajstić information content (AvgIpc) is 2.74. The highest BCUT2D eigenvalue weighted by Crippen LogP contribution is 2.04. The number of epoxide rings is 1. The van der Waals surface area contributed by atoms with E-state index in [1.54, 1.807) is 6.92 Å². The zero-order valence-electron chi connectivity index (χ0n) is 7.00. The van der Waals surface area contributed by atoms with Crippen molar-refractivity contribution >= 4 is 5.97 Å². The molecule has 0 amide bonds. The van der Waals surface area contributed by atoms with Crippen molar-refractivity contribution in [2.24, 2.45) is 0 Å². The summed E-state index contributed by atoms with van der Waals surface area (Å²) in [5.74, 6) is -0.359. The van der Waals surface area contributed by atoms with Crippen LogP contribution in [0.15, 0.2) is 12.7 Å². The number of esters is 1. The molecule has 0 aliphatic carbocycles. The van der Waals surface area contributed by atoms with Crippen LogP contribution < -0.4 is 0 Å². The lowest BCUT2D eigenvalue weighted by molar-refractivity contribution is -0.137. The zero-order valence-corrected chi connectivity index (χ0v) is 7.00. The van der Waals surface area contributed by atoms with Gasteiger partial charge in [0.15, 0.2) is 0 Å². The first-order valence-electron chi connectivity index (χ1n) is 3.61. The molecule has 1 heterocycles. The van der Waals surface area contributed by atoms with Gasteiger partial charge in [0, 0.05) is 6.08 Å². The fourth-order valence-electron chi connectivity index (χ4n) is 0.297. The van der Waals surface area contributed by atoms with Crippen LogP contribution in [-0.4, -0.2) is 25.3 Å². The second-order valence-corrected chi connectivity index (χ2v) is 2.10. The van der Waals surface area contributed by atoms with E-state index in [9.17, 15) is 4.79 Å². The maximum Gasteiger partial charge on any atom is 0.330 e. The molecule has 0 saturated carbocycles. The van der Waals surface area contributed by atoms with E-state index in [0.717, 1.165) is 12.7 Å². The minimum atomic E-state index is -0.359. The highest BCUT2D eigenvalue weighted by molar-refractivity contribution is 5.81. The summed E-state index contributed by atoms with van der Waals surface area (Å²) in [6.07, 6.45) is 1.73. The number of carbonyl (C=O) groups excluding carboxylic acids is 1. The van der Waals surface area contributed by atoms with E-state index in [2.05, 4.69) is 18.2 Å². The van der Waals surface area contributed by atoms with E-state index in [1.165, 1.54) is 0 Å². The van der Waals surface area contributed by atoms with Gasteiger partial charge in [0.2, 0.25) is 0 Å². The van der Waals surface area contributed by atoms with Crippen LogP contribution in [0.5, 0.6) is 0 Å². The summed E-state index contributed by atoms with van der Waals surface area (Å²) in [7, 11) is 0. The van der Waals surface area contributed by atoms with Gasteiger partial charge in [-0.05, 0) is 13.8 Å². The molecule has 0 spiro atoms. The number of rotatable bonds is 2. The molecule has 11 heavy (non-hydrogen) atoms. The number of hydrogen-bond donors (Lipinski definition) is 0. The second-order valence-electron chi connectivity index (χ2n) is 2.10. The van der Waals surface area contributed by atoms with Crippen LogP contribution in [0.4, 0.5) is 0 Å². The Balaban J connectivity index is 0.000000207. The highest BCUT2D eigenvalue weighted by atomic mass is 16.6. The molecule has 1 aliphatic heterocycles. The normalized spacial score (nSPS) is 19.3. The average molecular weight is 158 g/mol. The summed E-state index contributed by atoms with van der Waals surface area (Å²) in [5, 5.41) is 0. The molecule has 0 bridgehead atoms. The van der Waals surface area contributed by atoms with Gasteiger partial charge in [0.05, 0.1) is 19.3 Å². The van der Waals surface area contributed by atoms with Crippen LogP contribution in [0, 0.1) is 0 Å². The minimum Gasteiger partial charge on any atom is -0.463 e. The topological polar surface area (TPSA) is 38.8 Å². The van der Waals surface area contributed by atoms with Crippen molar-refractivity contribution in [1.82, 2.24) is 0 Å². The van der Waals surface area contributed by atoms with Gasteiger partial charge < -0.3 is 9.47 Å². The van der Waals surface area contributed by atoms with Gasteiger partial charge in [0.1, 0.15) is 0 Å². The summed E-state index contributed by atoms with van der Waals surface area (Å²) in [6.45, 7) is 8.42. The van der Waals surface area contributed by atoms with Crippen LogP contribution in [0.3, 0.4) is 0 Å². The zero-order chi connectivity index (χ0) is 8.69. The van der Waals surface area contributed by atoms with Crippen molar-refractivity contribution in [3.63, 3.8) is 0 Å². The fourth-order valence-corrected chi connectivity index (χ4v) is 0.297. The standard InChI is InChI=1S/C5H8O2.C3H6O/c1-3-5(6)7-4-2;1-3-2-4-3/h3H,1,4H2,2H3;3H,2H2,1H3. The molecule has 1 unspecified atom stereocenters. The number of hydrogen-bond acceptors (Lipinski definition) is 3. The summed E-state index contributed by atoms with van der Waals surface area (Å²) in [5.41, 5.74) is 0. The van der Waals surface area contributed by atoms with E-state index in [4.69, 9.17) is 4.74 Å². The molecule has 0 N–H and O–H groups in total. The smallest absolute Gasteiger partial charge is 0.330 e. The van der Waals surface area contributed by atoms with Gasteiger partial charge >= 0.3 is 5.97 Å². The Labute approximate surface area is 67.0 Å². The van der Waals surface area contributed by atoms with Crippen molar-refractivity contribution in [2.75, 3.05) is 13.2 Å². The quantitative estimate of drug-likeness (QED) is 0.343. The number of carbonyl (C=O) groups is 1. The Hall–Kier alpha value is -0.830. The van der Waals surface area contributed by atoms with Crippen LogP contribution in [0.2, 0.25) is 0 Å². The molecule has 1 rings (SSSR count). The monoisotopic (exact) mass is 158 g/mol. The molecule has 3 nitrogen and oxygen atoms in total. The molecule has 0 radical (unpaired) electrons. The van der Waals surface area contributed by atoms with Crippen molar-refractivity contribution in [3.8, 4) is 0 Å². The van der Waals surface area contributed by atoms with E-state index in [-0.39, 0.29) is 5.97 Å². The molecule has 1 saturated heterocycles. The summed E-state index contributed by atoms with van der Waals surface area (Å²) < 4.78 is 9.14. The first-order chi connectivity index (χ1) is 5.20. The van der Waals surface area contributed by atoms with Crippen molar-refractivity contribution in [2.45, 2.75) is 20.0 Å². The van der Waals surface area contributed by atoms with Gasteiger partial charge in [-0.1, -0.05) is 6.58 Å². The lowest BCUT2D eigenvalue weighted by atomic mass is 10.6. The SMILES string of the molecule is C=CC(=O)OCC.CC1CO1. The molecule has 0 aromatic rings. The Morgan fingerprint density at radius 2 is 2.36 bits per heavy atom. The molecular formula is C8H14O3. The largest absolute Gasteiger partial charge is 0.463 e. The van der Waals surface area contributed by atoms with Gasteiger partial charge in [-0.2, -0.15) is 0 Å². The Morgan fingerprint density at radius 1 is 1.91 bits per heavy atom. The fraction of sp³-hybridized carbons (Fsp3) is 0.625. The third-order valence-corrected chi connectivity index (χ3v) is 0.953. The maximum atomic E-state index is 10.1. The molecular weight excluding hydrogens is 144 g/mol. The predicted octanol–water partition coefficient (Wildman–Crippen LogP) is 1.14. The lowest BCUT2D eigenvalue weighted by Crippen LogP contribution is -1.97. The second kappa shape index (κ2) is 5.92. The minimum absolute atomic E-state index is 0.359. The molecule has 1 aliphatic rings. The van der Waals surface area contributed by atoms with Crippen molar-refractivity contribution in [1.29, 1.82) is 0 Å². The lowest BCUT2D eigenvalue weighted by Gasteiger charge is -1.90.